The van der Waals surface area contributed by atoms with Crippen LogP contribution in [0.15, 0.2) is 30.3 Å². The highest BCUT2D eigenvalue weighted by molar-refractivity contribution is 5.68. The maximum Gasteiger partial charge on any atom is 0.407 e. The van der Waals surface area contributed by atoms with Gasteiger partial charge in [0, 0.05) is 0 Å². The first-order valence-corrected chi connectivity index (χ1v) is 6.93. The Morgan fingerprint density at radius 3 is 2.35 bits per heavy atom. The van der Waals surface area contributed by atoms with Crippen LogP contribution in [0.3, 0.4) is 0 Å². The van der Waals surface area contributed by atoms with Crippen LogP contribution >= 0.6 is 0 Å². The SMILES string of the molecule is C[C@H](OCc1ccccc1)[C@@H](C)NC(=O)OC(C)(C)C. The molecule has 1 aromatic carbocycles. The van der Waals surface area contributed by atoms with E-state index in [2.05, 4.69) is 5.32 Å². The quantitative estimate of drug-likeness (QED) is 0.897. The van der Waals surface area contributed by atoms with Gasteiger partial charge in [0.05, 0.1) is 18.8 Å². The van der Waals surface area contributed by atoms with E-state index in [0.29, 0.717) is 6.61 Å². The Balaban J connectivity index is 2.35. The average molecular weight is 279 g/mol. The van der Waals surface area contributed by atoms with E-state index in [1.807, 2.05) is 65.0 Å². The smallest absolute Gasteiger partial charge is 0.407 e. The molecule has 1 N–H and O–H groups in total. The lowest BCUT2D eigenvalue weighted by Crippen LogP contribution is -2.43. The number of nitrogens with one attached hydrogen (secondary N) is 1. The van der Waals surface area contributed by atoms with Gasteiger partial charge in [0.15, 0.2) is 0 Å². The number of ether oxygens (including phenoxy) is 2. The van der Waals surface area contributed by atoms with Gasteiger partial charge < -0.3 is 14.8 Å². The third-order valence-electron chi connectivity index (χ3n) is 2.80. The molecule has 4 nitrogen and oxygen atoms in total. The molecule has 0 heterocycles. The van der Waals surface area contributed by atoms with Crippen molar-refractivity contribution < 1.29 is 14.3 Å². The maximum absolute atomic E-state index is 11.7. The van der Waals surface area contributed by atoms with Crippen LogP contribution in [0.4, 0.5) is 4.79 Å². The minimum Gasteiger partial charge on any atom is -0.444 e. The molecular formula is C16H25NO3. The van der Waals surface area contributed by atoms with E-state index in [4.69, 9.17) is 9.47 Å². The summed E-state index contributed by atoms with van der Waals surface area (Å²) >= 11 is 0. The summed E-state index contributed by atoms with van der Waals surface area (Å²) in [6.07, 6.45) is -0.511. The molecule has 2 atom stereocenters. The molecular weight excluding hydrogens is 254 g/mol. The molecule has 0 saturated carbocycles. The highest BCUT2D eigenvalue weighted by atomic mass is 16.6. The molecule has 0 aliphatic heterocycles. The standard InChI is InChI=1S/C16H25NO3/c1-12(17-15(18)20-16(3,4)5)13(2)19-11-14-9-7-6-8-10-14/h6-10,12-13H,11H2,1-5H3,(H,17,18)/t12-,13+/m1/s1. The van der Waals surface area contributed by atoms with Gasteiger partial charge in [-0.15, -0.1) is 0 Å². The summed E-state index contributed by atoms with van der Waals surface area (Å²) in [5.74, 6) is 0. The van der Waals surface area contributed by atoms with Gasteiger partial charge in [-0.1, -0.05) is 30.3 Å². The summed E-state index contributed by atoms with van der Waals surface area (Å²) in [5, 5.41) is 2.79. The number of benzene rings is 1. The predicted octanol–water partition coefficient (Wildman–Crippen LogP) is 3.50. The molecule has 0 aliphatic carbocycles. The molecule has 0 spiro atoms. The molecule has 0 aliphatic rings. The molecule has 1 aromatic rings. The molecule has 0 unspecified atom stereocenters. The van der Waals surface area contributed by atoms with Crippen molar-refractivity contribution in [3.05, 3.63) is 35.9 Å². The fourth-order valence-electron chi connectivity index (χ4n) is 1.56. The van der Waals surface area contributed by atoms with Gasteiger partial charge in [-0.2, -0.15) is 0 Å². The molecule has 4 heteroatoms. The second kappa shape index (κ2) is 7.29. The Labute approximate surface area is 121 Å². The summed E-state index contributed by atoms with van der Waals surface area (Å²) in [6.45, 7) is 9.89. The van der Waals surface area contributed by atoms with Crippen LogP contribution in [0.1, 0.15) is 40.2 Å². The van der Waals surface area contributed by atoms with E-state index in [9.17, 15) is 4.79 Å². The van der Waals surface area contributed by atoms with Gasteiger partial charge in [-0.25, -0.2) is 4.79 Å². The normalized spacial score (nSPS) is 14.4. The molecule has 0 radical (unpaired) electrons. The molecule has 1 amide bonds. The van der Waals surface area contributed by atoms with E-state index in [0.717, 1.165) is 5.56 Å². The van der Waals surface area contributed by atoms with Crippen LogP contribution in [0, 0.1) is 0 Å². The first-order valence-electron chi connectivity index (χ1n) is 6.93. The number of carbonyl (C=O) groups excluding carboxylic acids is 1. The number of rotatable bonds is 5. The zero-order valence-electron chi connectivity index (χ0n) is 13.0. The zero-order chi connectivity index (χ0) is 15.2. The van der Waals surface area contributed by atoms with Crippen LogP contribution in [0.25, 0.3) is 0 Å². The fourth-order valence-corrected chi connectivity index (χ4v) is 1.56. The van der Waals surface area contributed by atoms with Crippen molar-refractivity contribution in [2.45, 2.75) is 59.0 Å². The maximum atomic E-state index is 11.7. The molecule has 112 valence electrons. The first kappa shape index (κ1) is 16.5. The van der Waals surface area contributed by atoms with E-state index < -0.39 is 11.7 Å². The Bertz CT molecular complexity index is 411. The van der Waals surface area contributed by atoms with Crippen LogP contribution in [-0.4, -0.2) is 23.8 Å². The van der Waals surface area contributed by atoms with Crippen LogP contribution in [0.2, 0.25) is 0 Å². The summed E-state index contributed by atoms with van der Waals surface area (Å²) in [7, 11) is 0. The lowest BCUT2D eigenvalue weighted by Gasteiger charge is -2.25. The number of hydrogen-bond donors (Lipinski definition) is 1. The van der Waals surface area contributed by atoms with Crippen molar-refractivity contribution >= 4 is 6.09 Å². The van der Waals surface area contributed by atoms with Crippen molar-refractivity contribution in [2.24, 2.45) is 0 Å². The van der Waals surface area contributed by atoms with Crippen molar-refractivity contribution in [2.75, 3.05) is 0 Å². The summed E-state index contributed by atoms with van der Waals surface area (Å²) in [5.41, 5.74) is 0.626. The van der Waals surface area contributed by atoms with Gasteiger partial charge >= 0.3 is 6.09 Å². The van der Waals surface area contributed by atoms with Crippen molar-refractivity contribution in [1.82, 2.24) is 5.32 Å². The van der Waals surface area contributed by atoms with Gasteiger partial charge in [-0.3, -0.25) is 0 Å². The van der Waals surface area contributed by atoms with Gasteiger partial charge in [0.1, 0.15) is 5.60 Å². The average Bonchev–Trinajstić information content (AvgIpc) is 2.34. The Kier molecular flexibility index (Phi) is 6.02. The van der Waals surface area contributed by atoms with E-state index >= 15 is 0 Å². The molecule has 0 saturated heterocycles. The highest BCUT2D eigenvalue weighted by Crippen LogP contribution is 2.09. The summed E-state index contributed by atoms with van der Waals surface area (Å²) in [4.78, 5) is 11.7. The fraction of sp³-hybridized carbons (Fsp3) is 0.562. The van der Waals surface area contributed by atoms with E-state index in [1.165, 1.54) is 0 Å². The first-order chi connectivity index (χ1) is 9.28. The second-order valence-corrected chi connectivity index (χ2v) is 5.94. The summed E-state index contributed by atoms with van der Waals surface area (Å²) in [6, 6.07) is 9.84. The van der Waals surface area contributed by atoms with E-state index in [-0.39, 0.29) is 12.1 Å². The van der Waals surface area contributed by atoms with Crippen LogP contribution < -0.4 is 5.32 Å². The minimum absolute atomic E-state index is 0.0947. The second-order valence-electron chi connectivity index (χ2n) is 5.94. The molecule has 0 aromatic heterocycles. The highest BCUT2D eigenvalue weighted by Gasteiger charge is 2.20. The number of carbonyl (C=O) groups is 1. The minimum atomic E-state index is -0.488. The third-order valence-corrected chi connectivity index (χ3v) is 2.80. The molecule has 0 bridgehead atoms. The van der Waals surface area contributed by atoms with Crippen molar-refractivity contribution in [3.8, 4) is 0 Å². The van der Waals surface area contributed by atoms with Gasteiger partial charge in [-0.05, 0) is 40.2 Å². The molecule has 20 heavy (non-hydrogen) atoms. The Morgan fingerprint density at radius 1 is 1.20 bits per heavy atom. The zero-order valence-corrected chi connectivity index (χ0v) is 13.0. The monoisotopic (exact) mass is 279 g/mol. The molecule has 1 rings (SSSR count). The lowest BCUT2D eigenvalue weighted by molar-refractivity contribution is 0.0183. The Morgan fingerprint density at radius 2 is 1.80 bits per heavy atom. The molecule has 0 fully saturated rings. The Hall–Kier alpha value is -1.55. The van der Waals surface area contributed by atoms with Crippen LogP contribution in [-0.2, 0) is 16.1 Å². The van der Waals surface area contributed by atoms with Crippen molar-refractivity contribution in [1.29, 1.82) is 0 Å². The number of alkyl carbamates (subject to hydrolysis) is 1. The third kappa shape index (κ3) is 6.57. The van der Waals surface area contributed by atoms with E-state index in [1.54, 1.807) is 0 Å². The number of hydrogen-bond acceptors (Lipinski definition) is 3. The lowest BCUT2D eigenvalue weighted by atomic mass is 10.2. The topological polar surface area (TPSA) is 47.6 Å². The van der Waals surface area contributed by atoms with Gasteiger partial charge in [0.2, 0.25) is 0 Å². The predicted molar refractivity (Wildman–Crippen MR) is 79.5 cm³/mol. The number of amides is 1. The van der Waals surface area contributed by atoms with Gasteiger partial charge in [0.25, 0.3) is 0 Å². The van der Waals surface area contributed by atoms with Crippen molar-refractivity contribution in [3.63, 3.8) is 0 Å². The largest absolute Gasteiger partial charge is 0.444 e. The van der Waals surface area contributed by atoms with Crippen LogP contribution in [0.5, 0.6) is 0 Å². The summed E-state index contributed by atoms with van der Waals surface area (Å²) < 4.78 is 11.0.